The van der Waals surface area contributed by atoms with Crippen LogP contribution in [-0.4, -0.2) is 20.3 Å². The van der Waals surface area contributed by atoms with Gasteiger partial charge in [0.2, 0.25) is 0 Å². The lowest BCUT2D eigenvalue weighted by Gasteiger charge is -2.11. The van der Waals surface area contributed by atoms with E-state index >= 15 is 0 Å². The maximum absolute atomic E-state index is 12.6. The number of carbonyl (C=O) groups is 1. The minimum Gasteiger partial charge on any atom is -0.322 e. The molecule has 3 aromatic rings. The van der Waals surface area contributed by atoms with Crippen LogP contribution in [0.3, 0.4) is 0 Å². The molecule has 0 spiro atoms. The molecule has 1 N–H and O–H groups in total. The predicted octanol–water partition coefficient (Wildman–Crippen LogP) is 3.08. The normalized spacial score (nSPS) is 10.7. The molecule has 22 heavy (non-hydrogen) atoms. The lowest BCUT2D eigenvalue weighted by Crippen LogP contribution is -2.15. The van der Waals surface area contributed by atoms with Crippen molar-refractivity contribution in [2.24, 2.45) is 7.05 Å². The highest BCUT2D eigenvalue weighted by molar-refractivity contribution is 6.06. The summed E-state index contributed by atoms with van der Waals surface area (Å²) in [4.78, 5) is 12.6. The van der Waals surface area contributed by atoms with E-state index in [1.807, 2.05) is 68.2 Å². The van der Waals surface area contributed by atoms with Crippen molar-refractivity contribution in [1.29, 1.82) is 0 Å². The summed E-state index contributed by atoms with van der Waals surface area (Å²) < 4.78 is 3.57. The Kier molecular flexibility index (Phi) is 3.55. The van der Waals surface area contributed by atoms with Gasteiger partial charge in [-0.05, 0) is 43.2 Å². The van der Waals surface area contributed by atoms with E-state index in [9.17, 15) is 4.79 Å². The molecule has 2 heterocycles. The quantitative estimate of drug-likeness (QED) is 0.807. The fraction of sp³-hybridized carbons (Fsp3) is 0.176. The zero-order valence-corrected chi connectivity index (χ0v) is 12.9. The average molecular weight is 294 g/mol. The van der Waals surface area contributed by atoms with Crippen molar-refractivity contribution in [3.05, 3.63) is 65.6 Å². The summed E-state index contributed by atoms with van der Waals surface area (Å²) in [7, 11) is 1.82. The Bertz CT molecular complexity index is 815. The molecule has 0 aliphatic heterocycles. The third kappa shape index (κ3) is 2.41. The molecule has 0 fully saturated rings. The number of hydrogen-bond donors (Lipinski definition) is 1. The van der Waals surface area contributed by atoms with Crippen LogP contribution < -0.4 is 5.32 Å². The number of rotatable bonds is 3. The third-order valence-corrected chi connectivity index (χ3v) is 3.85. The second-order valence-electron chi connectivity index (χ2n) is 5.30. The fourth-order valence-electron chi connectivity index (χ4n) is 2.45. The summed E-state index contributed by atoms with van der Waals surface area (Å²) >= 11 is 0. The molecule has 0 bridgehead atoms. The molecule has 0 aliphatic rings. The van der Waals surface area contributed by atoms with Gasteiger partial charge >= 0.3 is 0 Å². The van der Waals surface area contributed by atoms with Crippen molar-refractivity contribution in [2.75, 3.05) is 5.32 Å². The first-order valence-electron chi connectivity index (χ1n) is 7.11. The average Bonchev–Trinajstić information content (AvgIpc) is 3.12. The Morgan fingerprint density at radius 1 is 1.14 bits per heavy atom. The Morgan fingerprint density at radius 2 is 1.86 bits per heavy atom. The maximum atomic E-state index is 12.6. The Hall–Kier alpha value is -2.82. The van der Waals surface area contributed by atoms with E-state index in [2.05, 4.69) is 10.4 Å². The lowest BCUT2D eigenvalue weighted by atomic mass is 10.1. The summed E-state index contributed by atoms with van der Waals surface area (Å²) in [5.74, 6) is 0.582. The highest BCUT2D eigenvalue weighted by atomic mass is 16.1. The third-order valence-electron chi connectivity index (χ3n) is 3.85. The Labute approximate surface area is 129 Å². The number of anilines is 1. The van der Waals surface area contributed by atoms with Gasteiger partial charge in [0.05, 0.1) is 6.20 Å². The van der Waals surface area contributed by atoms with E-state index in [0.717, 1.165) is 22.6 Å². The summed E-state index contributed by atoms with van der Waals surface area (Å²) in [6.07, 6.45) is 5.38. The highest BCUT2D eigenvalue weighted by Gasteiger charge is 2.18. The maximum Gasteiger partial charge on any atom is 0.261 e. The number of aryl methyl sites for hydroxylation is 2. The van der Waals surface area contributed by atoms with E-state index in [-0.39, 0.29) is 5.91 Å². The van der Waals surface area contributed by atoms with Gasteiger partial charge < -0.3 is 9.88 Å². The largest absolute Gasteiger partial charge is 0.322 e. The van der Waals surface area contributed by atoms with Crippen molar-refractivity contribution in [3.8, 4) is 5.82 Å². The fourth-order valence-corrected chi connectivity index (χ4v) is 2.45. The molecule has 5 nitrogen and oxygen atoms in total. The first kappa shape index (κ1) is 14.1. The van der Waals surface area contributed by atoms with Crippen LogP contribution in [0.25, 0.3) is 5.82 Å². The second-order valence-corrected chi connectivity index (χ2v) is 5.30. The van der Waals surface area contributed by atoms with Gasteiger partial charge in [-0.2, -0.15) is 5.10 Å². The van der Waals surface area contributed by atoms with E-state index in [0.29, 0.717) is 5.56 Å². The van der Waals surface area contributed by atoms with Gasteiger partial charge in [-0.1, -0.05) is 12.1 Å². The molecule has 0 saturated heterocycles. The van der Waals surface area contributed by atoms with Gasteiger partial charge in [-0.25, -0.2) is 0 Å². The van der Waals surface area contributed by atoms with Crippen molar-refractivity contribution < 1.29 is 4.79 Å². The van der Waals surface area contributed by atoms with Crippen LogP contribution in [0.5, 0.6) is 0 Å². The SMILES string of the molecule is Cc1cccc(NC(=O)c2cnn(C)c2-n2cccc2)c1C. The molecule has 1 aromatic carbocycles. The molecule has 0 aliphatic carbocycles. The number of benzene rings is 1. The van der Waals surface area contributed by atoms with Crippen LogP contribution in [0.1, 0.15) is 21.5 Å². The van der Waals surface area contributed by atoms with Crippen LogP contribution >= 0.6 is 0 Å². The topological polar surface area (TPSA) is 51.9 Å². The summed E-state index contributed by atoms with van der Waals surface area (Å²) in [6.45, 7) is 4.03. The van der Waals surface area contributed by atoms with Crippen molar-refractivity contribution in [1.82, 2.24) is 14.3 Å². The number of carbonyl (C=O) groups excluding carboxylic acids is 1. The van der Waals surface area contributed by atoms with E-state index < -0.39 is 0 Å². The van der Waals surface area contributed by atoms with Gasteiger partial charge in [-0.15, -0.1) is 0 Å². The number of nitrogens with one attached hydrogen (secondary N) is 1. The molecule has 1 amide bonds. The minimum atomic E-state index is -0.162. The monoisotopic (exact) mass is 294 g/mol. The molecule has 2 aromatic heterocycles. The van der Waals surface area contributed by atoms with Gasteiger partial charge in [0, 0.05) is 25.1 Å². The highest BCUT2D eigenvalue weighted by Crippen LogP contribution is 2.20. The van der Waals surface area contributed by atoms with Crippen LogP contribution in [0, 0.1) is 13.8 Å². The van der Waals surface area contributed by atoms with Crippen LogP contribution in [-0.2, 0) is 7.05 Å². The van der Waals surface area contributed by atoms with Crippen LogP contribution in [0.2, 0.25) is 0 Å². The summed E-state index contributed by atoms with van der Waals surface area (Å²) in [5, 5.41) is 7.19. The Balaban J connectivity index is 1.95. The zero-order valence-electron chi connectivity index (χ0n) is 12.9. The van der Waals surface area contributed by atoms with E-state index in [1.165, 1.54) is 0 Å². The van der Waals surface area contributed by atoms with Crippen molar-refractivity contribution >= 4 is 11.6 Å². The first-order chi connectivity index (χ1) is 10.6. The summed E-state index contributed by atoms with van der Waals surface area (Å²) in [5.41, 5.74) is 3.59. The Morgan fingerprint density at radius 3 is 2.59 bits per heavy atom. The van der Waals surface area contributed by atoms with E-state index in [1.54, 1.807) is 10.9 Å². The molecule has 0 unspecified atom stereocenters. The number of aromatic nitrogens is 3. The molecule has 0 saturated carbocycles. The van der Waals surface area contributed by atoms with Gasteiger partial charge in [0.25, 0.3) is 5.91 Å². The van der Waals surface area contributed by atoms with Gasteiger partial charge in [-0.3, -0.25) is 9.48 Å². The van der Waals surface area contributed by atoms with E-state index in [4.69, 9.17) is 0 Å². The van der Waals surface area contributed by atoms with Gasteiger partial charge in [0.15, 0.2) is 0 Å². The lowest BCUT2D eigenvalue weighted by molar-refractivity contribution is 0.102. The van der Waals surface area contributed by atoms with Crippen LogP contribution in [0.4, 0.5) is 5.69 Å². The molecule has 0 atom stereocenters. The molecule has 112 valence electrons. The molecular formula is C17H18N4O. The first-order valence-corrected chi connectivity index (χ1v) is 7.11. The minimum absolute atomic E-state index is 0.162. The standard InChI is InChI=1S/C17H18N4O/c1-12-7-6-8-15(13(12)2)19-16(22)14-11-18-20(3)17(14)21-9-4-5-10-21/h4-11H,1-3H3,(H,19,22). The molecular weight excluding hydrogens is 276 g/mol. The second kappa shape index (κ2) is 5.52. The smallest absolute Gasteiger partial charge is 0.261 e. The molecule has 3 rings (SSSR count). The predicted molar refractivity (Wildman–Crippen MR) is 86.4 cm³/mol. The summed E-state index contributed by atoms with van der Waals surface area (Å²) in [6, 6.07) is 9.71. The van der Waals surface area contributed by atoms with Crippen molar-refractivity contribution in [3.63, 3.8) is 0 Å². The molecule has 0 radical (unpaired) electrons. The number of amides is 1. The van der Waals surface area contributed by atoms with Gasteiger partial charge in [0.1, 0.15) is 11.4 Å². The number of hydrogen-bond acceptors (Lipinski definition) is 2. The van der Waals surface area contributed by atoms with Crippen molar-refractivity contribution in [2.45, 2.75) is 13.8 Å². The zero-order chi connectivity index (χ0) is 15.7. The van der Waals surface area contributed by atoms with Crippen LogP contribution in [0.15, 0.2) is 48.9 Å². The number of nitrogens with zero attached hydrogens (tertiary/aromatic N) is 3. The molecule has 5 heteroatoms.